The fraction of sp³-hybridized carbons (Fsp3) is 0.455. The Morgan fingerprint density at radius 1 is 1.50 bits per heavy atom. The summed E-state index contributed by atoms with van der Waals surface area (Å²) in [6.07, 6.45) is 1.42. The molecule has 0 aromatic heterocycles. The highest BCUT2D eigenvalue weighted by molar-refractivity contribution is 7.89. The summed E-state index contributed by atoms with van der Waals surface area (Å²) in [6, 6.07) is 3.96. The standard InChI is InChI=1S/C11H15ClN2O3S/c12-10-6-8(13)3-4-11(10)18(16,17)14-5-1-2-9(14)7-15/h3-4,6,9,15H,1-2,5,7,13H2/t9-/m1/s1. The average molecular weight is 291 g/mol. The van der Waals surface area contributed by atoms with Crippen molar-refractivity contribution < 1.29 is 13.5 Å². The van der Waals surface area contributed by atoms with Gasteiger partial charge in [0, 0.05) is 18.3 Å². The Morgan fingerprint density at radius 2 is 2.22 bits per heavy atom. The molecule has 0 spiro atoms. The fourth-order valence-corrected chi connectivity index (χ4v) is 4.37. The van der Waals surface area contributed by atoms with Gasteiger partial charge in [-0.1, -0.05) is 11.6 Å². The molecule has 0 bridgehead atoms. The van der Waals surface area contributed by atoms with Crippen molar-refractivity contribution >= 4 is 27.3 Å². The van der Waals surface area contributed by atoms with Gasteiger partial charge in [-0.15, -0.1) is 0 Å². The fourth-order valence-electron chi connectivity index (χ4n) is 2.16. The largest absolute Gasteiger partial charge is 0.399 e. The number of nitrogens with zero attached hydrogens (tertiary/aromatic N) is 1. The lowest BCUT2D eigenvalue weighted by Gasteiger charge is -2.22. The van der Waals surface area contributed by atoms with Crippen LogP contribution in [0.25, 0.3) is 0 Å². The average Bonchev–Trinajstić information content (AvgIpc) is 2.76. The van der Waals surface area contributed by atoms with Crippen molar-refractivity contribution in [1.82, 2.24) is 4.31 Å². The number of hydrogen-bond acceptors (Lipinski definition) is 4. The molecule has 5 nitrogen and oxygen atoms in total. The van der Waals surface area contributed by atoms with Crippen LogP contribution in [-0.4, -0.2) is 37.0 Å². The zero-order valence-electron chi connectivity index (χ0n) is 9.71. The molecule has 100 valence electrons. The quantitative estimate of drug-likeness (QED) is 0.816. The minimum Gasteiger partial charge on any atom is -0.399 e. The van der Waals surface area contributed by atoms with E-state index in [0.717, 1.165) is 6.42 Å². The molecule has 1 atom stereocenters. The summed E-state index contributed by atoms with van der Waals surface area (Å²) in [6.45, 7) is 0.236. The molecule has 1 aromatic carbocycles. The number of sulfonamides is 1. The highest BCUT2D eigenvalue weighted by Gasteiger charge is 2.35. The number of benzene rings is 1. The van der Waals surface area contributed by atoms with Crippen LogP contribution in [0.4, 0.5) is 5.69 Å². The summed E-state index contributed by atoms with van der Waals surface area (Å²) in [5.41, 5.74) is 5.96. The molecule has 3 N–H and O–H groups in total. The van der Waals surface area contributed by atoms with Crippen LogP contribution in [0.3, 0.4) is 0 Å². The SMILES string of the molecule is Nc1ccc(S(=O)(=O)N2CCC[C@@H]2CO)c(Cl)c1. The number of halogens is 1. The van der Waals surface area contributed by atoms with Gasteiger partial charge in [0.15, 0.2) is 0 Å². The first-order chi connectivity index (χ1) is 8.46. The monoisotopic (exact) mass is 290 g/mol. The third-order valence-electron chi connectivity index (χ3n) is 3.08. The predicted molar refractivity (Wildman–Crippen MR) is 69.9 cm³/mol. The van der Waals surface area contributed by atoms with Crippen LogP contribution >= 0.6 is 11.6 Å². The summed E-state index contributed by atoms with van der Waals surface area (Å²) in [7, 11) is -3.66. The minimum absolute atomic E-state index is 0.0405. The van der Waals surface area contributed by atoms with Gasteiger partial charge in [-0.3, -0.25) is 0 Å². The number of nitrogen functional groups attached to an aromatic ring is 1. The second kappa shape index (κ2) is 5.05. The Morgan fingerprint density at radius 3 is 2.83 bits per heavy atom. The molecule has 0 radical (unpaired) electrons. The molecule has 0 amide bonds. The van der Waals surface area contributed by atoms with Crippen LogP contribution in [0.5, 0.6) is 0 Å². The molecule has 1 aromatic rings. The zero-order chi connectivity index (χ0) is 13.3. The smallest absolute Gasteiger partial charge is 0.244 e. The molecule has 2 rings (SSSR count). The second-order valence-corrected chi connectivity index (χ2v) is 6.55. The summed E-state index contributed by atoms with van der Waals surface area (Å²) in [4.78, 5) is 0.0405. The lowest BCUT2D eigenvalue weighted by molar-refractivity contribution is 0.213. The van der Waals surface area contributed by atoms with Crippen molar-refractivity contribution in [3.63, 3.8) is 0 Å². The molecular formula is C11H15ClN2O3S. The maximum atomic E-state index is 12.4. The topological polar surface area (TPSA) is 83.6 Å². The van der Waals surface area contributed by atoms with Crippen molar-refractivity contribution in [3.05, 3.63) is 23.2 Å². The highest BCUT2D eigenvalue weighted by Crippen LogP contribution is 2.30. The molecule has 1 heterocycles. The summed E-state index contributed by atoms with van der Waals surface area (Å²) in [5.74, 6) is 0. The van der Waals surface area contributed by atoms with Crippen molar-refractivity contribution in [2.45, 2.75) is 23.8 Å². The Bertz CT molecular complexity index is 547. The number of aliphatic hydroxyl groups is 1. The molecule has 0 aliphatic carbocycles. The van der Waals surface area contributed by atoms with E-state index in [-0.39, 0.29) is 22.6 Å². The van der Waals surface area contributed by atoms with Crippen LogP contribution in [0.1, 0.15) is 12.8 Å². The van der Waals surface area contributed by atoms with E-state index in [2.05, 4.69) is 0 Å². The van der Waals surface area contributed by atoms with Crippen LogP contribution < -0.4 is 5.73 Å². The third kappa shape index (κ3) is 2.33. The Labute approximate surface area is 111 Å². The molecule has 1 saturated heterocycles. The summed E-state index contributed by atoms with van der Waals surface area (Å²) in [5, 5.41) is 9.31. The van der Waals surface area contributed by atoms with Gasteiger partial charge < -0.3 is 10.8 Å². The van der Waals surface area contributed by atoms with Gasteiger partial charge in [-0.05, 0) is 31.0 Å². The molecule has 18 heavy (non-hydrogen) atoms. The maximum absolute atomic E-state index is 12.4. The van der Waals surface area contributed by atoms with Crippen LogP contribution in [-0.2, 0) is 10.0 Å². The van der Waals surface area contributed by atoms with E-state index in [1.165, 1.54) is 22.5 Å². The van der Waals surface area contributed by atoms with E-state index < -0.39 is 10.0 Å². The number of anilines is 1. The number of aliphatic hydroxyl groups excluding tert-OH is 1. The minimum atomic E-state index is -3.66. The summed E-state index contributed by atoms with van der Waals surface area (Å²) >= 11 is 5.94. The lowest BCUT2D eigenvalue weighted by atomic mass is 10.2. The van der Waals surface area contributed by atoms with Gasteiger partial charge in [0.25, 0.3) is 0 Å². The first-order valence-electron chi connectivity index (χ1n) is 5.64. The predicted octanol–water partition coefficient (Wildman–Crippen LogP) is 1.07. The number of rotatable bonds is 3. The molecule has 0 unspecified atom stereocenters. The normalized spacial score (nSPS) is 21.3. The van der Waals surface area contributed by atoms with Crippen molar-refractivity contribution in [2.24, 2.45) is 0 Å². The second-order valence-electron chi connectivity index (χ2n) is 4.28. The van der Waals surface area contributed by atoms with E-state index in [1.54, 1.807) is 0 Å². The van der Waals surface area contributed by atoms with Gasteiger partial charge >= 0.3 is 0 Å². The first kappa shape index (κ1) is 13.6. The van der Waals surface area contributed by atoms with E-state index >= 15 is 0 Å². The molecule has 0 saturated carbocycles. The van der Waals surface area contributed by atoms with E-state index in [1.807, 2.05) is 0 Å². The van der Waals surface area contributed by atoms with Crippen molar-refractivity contribution in [3.8, 4) is 0 Å². The van der Waals surface area contributed by atoms with Crippen molar-refractivity contribution in [2.75, 3.05) is 18.9 Å². The van der Waals surface area contributed by atoms with Gasteiger partial charge in [-0.25, -0.2) is 8.42 Å². The Kier molecular flexibility index (Phi) is 3.82. The van der Waals surface area contributed by atoms with Crippen LogP contribution in [0.15, 0.2) is 23.1 Å². The Balaban J connectivity index is 2.42. The van der Waals surface area contributed by atoms with Gasteiger partial charge in [0.2, 0.25) is 10.0 Å². The Hall–Kier alpha value is -0.820. The number of hydrogen-bond donors (Lipinski definition) is 2. The van der Waals surface area contributed by atoms with Gasteiger partial charge in [-0.2, -0.15) is 4.31 Å². The molecular weight excluding hydrogens is 276 g/mol. The highest BCUT2D eigenvalue weighted by atomic mass is 35.5. The lowest BCUT2D eigenvalue weighted by Crippen LogP contribution is -2.37. The molecule has 1 fully saturated rings. The molecule has 1 aliphatic rings. The third-order valence-corrected chi connectivity index (χ3v) is 5.51. The van der Waals surface area contributed by atoms with E-state index in [9.17, 15) is 13.5 Å². The maximum Gasteiger partial charge on any atom is 0.244 e. The van der Waals surface area contributed by atoms with E-state index in [0.29, 0.717) is 18.7 Å². The van der Waals surface area contributed by atoms with Crippen LogP contribution in [0.2, 0.25) is 5.02 Å². The van der Waals surface area contributed by atoms with E-state index in [4.69, 9.17) is 17.3 Å². The first-order valence-corrected chi connectivity index (χ1v) is 7.46. The van der Waals surface area contributed by atoms with Gasteiger partial charge in [0.05, 0.1) is 11.6 Å². The zero-order valence-corrected chi connectivity index (χ0v) is 11.3. The summed E-state index contributed by atoms with van der Waals surface area (Å²) < 4.78 is 26.2. The molecule has 1 aliphatic heterocycles. The van der Waals surface area contributed by atoms with Crippen molar-refractivity contribution in [1.29, 1.82) is 0 Å². The van der Waals surface area contributed by atoms with Crippen LogP contribution in [0, 0.1) is 0 Å². The molecule has 7 heteroatoms. The number of nitrogens with two attached hydrogens (primary N) is 1. The van der Waals surface area contributed by atoms with Gasteiger partial charge in [0.1, 0.15) is 4.90 Å².